The number of nitrogens with one attached hydrogen (secondary N) is 1. The van der Waals surface area contributed by atoms with E-state index in [2.05, 4.69) is 10.2 Å². The molecule has 2 aromatic rings. The van der Waals surface area contributed by atoms with Gasteiger partial charge in [-0.3, -0.25) is 0 Å². The molecule has 0 unspecified atom stereocenters. The van der Waals surface area contributed by atoms with Crippen molar-refractivity contribution in [2.45, 2.75) is 13.2 Å². The average molecular weight is 388 g/mol. The highest BCUT2D eigenvalue weighted by molar-refractivity contribution is 6.35. The molecule has 0 radical (unpaired) electrons. The monoisotopic (exact) mass is 386 g/mol. The van der Waals surface area contributed by atoms with Gasteiger partial charge in [-0.05, 0) is 44.4 Å². The standard InChI is InChI=1S/C18H21Cl3N2O/c1-23(2)8-7-22-11-14-9-15(19)5-6-18(14)24-12-13-3-4-16(20)10-17(13)21/h3-6,9-10,22H,7-8,11-12H2,1-2H3. The van der Waals surface area contributed by atoms with Crippen LogP contribution in [0.5, 0.6) is 5.75 Å². The predicted octanol–water partition coefficient (Wildman–Crippen LogP) is 4.88. The number of ether oxygens (including phenoxy) is 1. The first-order valence-corrected chi connectivity index (χ1v) is 8.79. The Morgan fingerprint density at radius 3 is 2.38 bits per heavy atom. The normalized spacial score (nSPS) is 11.1. The number of rotatable bonds is 8. The molecule has 0 amide bonds. The van der Waals surface area contributed by atoms with Gasteiger partial charge in [0.15, 0.2) is 0 Å². The second-order valence-electron chi connectivity index (χ2n) is 5.76. The second kappa shape index (κ2) is 9.50. The van der Waals surface area contributed by atoms with Crippen molar-refractivity contribution >= 4 is 34.8 Å². The Bertz CT molecular complexity index is 677. The van der Waals surface area contributed by atoms with E-state index in [0.29, 0.717) is 28.2 Å². The van der Waals surface area contributed by atoms with Crippen molar-refractivity contribution in [1.82, 2.24) is 10.2 Å². The molecule has 6 heteroatoms. The molecular weight excluding hydrogens is 367 g/mol. The van der Waals surface area contributed by atoms with E-state index in [9.17, 15) is 0 Å². The smallest absolute Gasteiger partial charge is 0.124 e. The summed E-state index contributed by atoms with van der Waals surface area (Å²) in [5, 5.41) is 5.30. The van der Waals surface area contributed by atoms with E-state index in [4.69, 9.17) is 39.5 Å². The van der Waals surface area contributed by atoms with Gasteiger partial charge in [0, 0.05) is 45.8 Å². The third-order valence-corrected chi connectivity index (χ3v) is 4.29. The minimum absolute atomic E-state index is 0.377. The summed E-state index contributed by atoms with van der Waals surface area (Å²) < 4.78 is 5.94. The molecule has 0 atom stereocenters. The molecule has 130 valence electrons. The summed E-state index contributed by atoms with van der Waals surface area (Å²) in [5.74, 6) is 0.794. The van der Waals surface area contributed by atoms with E-state index in [-0.39, 0.29) is 0 Å². The Kier molecular flexibility index (Phi) is 7.66. The van der Waals surface area contributed by atoms with Crippen LogP contribution in [-0.2, 0) is 13.2 Å². The lowest BCUT2D eigenvalue weighted by molar-refractivity contribution is 0.302. The van der Waals surface area contributed by atoms with Crippen molar-refractivity contribution in [1.29, 1.82) is 0 Å². The molecule has 0 spiro atoms. The van der Waals surface area contributed by atoms with Crippen molar-refractivity contribution in [3.8, 4) is 5.75 Å². The third kappa shape index (κ3) is 6.15. The summed E-state index contributed by atoms with van der Waals surface area (Å²) >= 11 is 18.2. The summed E-state index contributed by atoms with van der Waals surface area (Å²) in [6.07, 6.45) is 0. The topological polar surface area (TPSA) is 24.5 Å². The molecule has 1 N–H and O–H groups in total. The second-order valence-corrected chi connectivity index (χ2v) is 7.04. The fourth-order valence-electron chi connectivity index (χ4n) is 2.15. The number of halogens is 3. The highest BCUT2D eigenvalue weighted by Gasteiger charge is 2.07. The molecule has 0 bridgehead atoms. The van der Waals surface area contributed by atoms with E-state index in [1.165, 1.54) is 0 Å². The first kappa shape index (κ1) is 19.4. The zero-order valence-corrected chi connectivity index (χ0v) is 16.0. The largest absolute Gasteiger partial charge is 0.489 e. The maximum Gasteiger partial charge on any atom is 0.124 e. The minimum Gasteiger partial charge on any atom is -0.489 e. The van der Waals surface area contributed by atoms with E-state index in [0.717, 1.165) is 30.0 Å². The summed E-state index contributed by atoms with van der Waals surface area (Å²) in [6.45, 7) is 2.93. The van der Waals surface area contributed by atoms with Gasteiger partial charge in [-0.25, -0.2) is 0 Å². The Morgan fingerprint density at radius 2 is 1.67 bits per heavy atom. The molecule has 0 fully saturated rings. The molecule has 0 heterocycles. The minimum atomic E-state index is 0.377. The van der Waals surface area contributed by atoms with Gasteiger partial charge >= 0.3 is 0 Å². The van der Waals surface area contributed by atoms with Crippen LogP contribution in [-0.4, -0.2) is 32.1 Å². The van der Waals surface area contributed by atoms with Gasteiger partial charge in [0.25, 0.3) is 0 Å². The SMILES string of the molecule is CN(C)CCNCc1cc(Cl)ccc1OCc1ccc(Cl)cc1Cl. The van der Waals surface area contributed by atoms with Gasteiger partial charge in [0.2, 0.25) is 0 Å². The van der Waals surface area contributed by atoms with Crippen molar-refractivity contribution in [3.05, 3.63) is 62.6 Å². The summed E-state index contributed by atoms with van der Waals surface area (Å²) in [6, 6.07) is 11.0. The molecule has 0 aliphatic rings. The lowest BCUT2D eigenvalue weighted by Crippen LogP contribution is -2.26. The zero-order valence-electron chi connectivity index (χ0n) is 13.8. The van der Waals surface area contributed by atoms with Crippen molar-refractivity contribution in [2.75, 3.05) is 27.2 Å². The van der Waals surface area contributed by atoms with Crippen LogP contribution in [0.1, 0.15) is 11.1 Å². The van der Waals surface area contributed by atoms with Gasteiger partial charge in [-0.2, -0.15) is 0 Å². The van der Waals surface area contributed by atoms with E-state index < -0.39 is 0 Å². The first-order valence-electron chi connectivity index (χ1n) is 7.66. The van der Waals surface area contributed by atoms with Crippen LogP contribution >= 0.6 is 34.8 Å². The predicted molar refractivity (Wildman–Crippen MR) is 103 cm³/mol. The lowest BCUT2D eigenvalue weighted by atomic mass is 10.2. The Balaban J connectivity index is 2.01. The molecule has 0 saturated carbocycles. The molecule has 2 aromatic carbocycles. The zero-order chi connectivity index (χ0) is 17.5. The van der Waals surface area contributed by atoms with Crippen LogP contribution < -0.4 is 10.1 Å². The van der Waals surface area contributed by atoms with Crippen LogP contribution in [0, 0.1) is 0 Å². The maximum absolute atomic E-state index is 6.19. The number of nitrogens with zero attached hydrogens (tertiary/aromatic N) is 1. The van der Waals surface area contributed by atoms with Crippen LogP contribution in [0.15, 0.2) is 36.4 Å². The van der Waals surface area contributed by atoms with Crippen LogP contribution in [0.3, 0.4) is 0 Å². The first-order chi connectivity index (χ1) is 11.5. The lowest BCUT2D eigenvalue weighted by Gasteiger charge is -2.15. The third-order valence-electron chi connectivity index (χ3n) is 3.47. The molecule has 0 aliphatic heterocycles. The molecule has 0 aliphatic carbocycles. The summed E-state index contributed by atoms with van der Waals surface area (Å²) in [5.41, 5.74) is 1.91. The quantitative estimate of drug-likeness (QED) is 0.654. The number of hydrogen-bond acceptors (Lipinski definition) is 3. The Morgan fingerprint density at radius 1 is 0.958 bits per heavy atom. The number of hydrogen-bond donors (Lipinski definition) is 1. The van der Waals surface area contributed by atoms with E-state index >= 15 is 0 Å². The van der Waals surface area contributed by atoms with E-state index in [1.54, 1.807) is 12.1 Å². The molecular formula is C18H21Cl3N2O. The van der Waals surface area contributed by atoms with Gasteiger partial charge in [0.05, 0.1) is 0 Å². The van der Waals surface area contributed by atoms with Gasteiger partial charge < -0.3 is 15.0 Å². The van der Waals surface area contributed by atoms with Gasteiger partial charge in [0.1, 0.15) is 12.4 Å². The highest BCUT2D eigenvalue weighted by atomic mass is 35.5. The van der Waals surface area contributed by atoms with Gasteiger partial charge in [-0.15, -0.1) is 0 Å². The molecule has 0 saturated heterocycles. The van der Waals surface area contributed by atoms with Crippen LogP contribution in [0.2, 0.25) is 15.1 Å². The fourth-order valence-corrected chi connectivity index (χ4v) is 2.80. The van der Waals surface area contributed by atoms with E-state index in [1.807, 2.05) is 38.4 Å². The molecule has 0 aromatic heterocycles. The van der Waals surface area contributed by atoms with Crippen LogP contribution in [0.25, 0.3) is 0 Å². The molecule has 3 nitrogen and oxygen atoms in total. The molecule has 2 rings (SSSR count). The summed E-state index contributed by atoms with van der Waals surface area (Å²) in [7, 11) is 4.09. The van der Waals surface area contributed by atoms with Crippen molar-refractivity contribution in [3.63, 3.8) is 0 Å². The van der Waals surface area contributed by atoms with Gasteiger partial charge in [-0.1, -0.05) is 40.9 Å². The average Bonchev–Trinajstić information content (AvgIpc) is 2.52. The molecule has 24 heavy (non-hydrogen) atoms. The summed E-state index contributed by atoms with van der Waals surface area (Å²) in [4.78, 5) is 2.13. The Hall–Kier alpha value is -0.970. The Labute approximate surface area is 158 Å². The fraction of sp³-hybridized carbons (Fsp3) is 0.333. The maximum atomic E-state index is 6.19. The number of benzene rings is 2. The van der Waals surface area contributed by atoms with Crippen molar-refractivity contribution < 1.29 is 4.74 Å². The van der Waals surface area contributed by atoms with Crippen molar-refractivity contribution in [2.24, 2.45) is 0 Å². The highest BCUT2D eigenvalue weighted by Crippen LogP contribution is 2.26. The number of likely N-dealkylation sites (N-methyl/N-ethyl adjacent to an activating group) is 1. The van der Waals surface area contributed by atoms with Crippen LogP contribution in [0.4, 0.5) is 0 Å².